The normalized spacial score (nSPS) is 15.2. The van der Waals surface area contributed by atoms with Gasteiger partial charge in [-0.1, -0.05) is 67.2 Å². The highest BCUT2D eigenvalue weighted by atomic mass is 19.4. The first-order chi connectivity index (χ1) is 10.5. The maximum absolute atomic E-state index is 13.4. The fraction of sp³-hybridized carbons (Fsp3) is 0.0526. The summed E-state index contributed by atoms with van der Waals surface area (Å²) in [5, 5.41) is 0. The Morgan fingerprint density at radius 2 is 1.14 bits per heavy atom. The summed E-state index contributed by atoms with van der Waals surface area (Å²) in [5.41, 5.74) is 1.77. The van der Waals surface area contributed by atoms with Gasteiger partial charge in [0.25, 0.3) is 0 Å². The molecule has 3 heteroatoms. The summed E-state index contributed by atoms with van der Waals surface area (Å²) in [6, 6.07) is 17.7. The van der Waals surface area contributed by atoms with Crippen molar-refractivity contribution in [1.29, 1.82) is 0 Å². The van der Waals surface area contributed by atoms with E-state index in [2.05, 4.69) is 6.58 Å². The van der Waals surface area contributed by atoms with E-state index in [1.54, 1.807) is 42.5 Å². The van der Waals surface area contributed by atoms with Crippen molar-refractivity contribution >= 4 is 11.1 Å². The van der Waals surface area contributed by atoms with Gasteiger partial charge in [0.15, 0.2) is 0 Å². The highest BCUT2D eigenvalue weighted by Crippen LogP contribution is 2.48. The van der Waals surface area contributed by atoms with E-state index in [1.807, 2.05) is 18.2 Å². The number of hydrogen-bond acceptors (Lipinski definition) is 0. The zero-order chi connectivity index (χ0) is 15.7. The number of allylic oxidation sites excluding steroid dienone is 5. The van der Waals surface area contributed by atoms with Crippen LogP contribution >= 0.6 is 0 Å². The Labute approximate surface area is 126 Å². The summed E-state index contributed by atoms with van der Waals surface area (Å²) in [7, 11) is 0. The molecular weight excluding hydrogens is 285 g/mol. The maximum atomic E-state index is 13.4. The number of benzene rings is 2. The molecule has 0 unspecified atom stereocenters. The van der Waals surface area contributed by atoms with Crippen molar-refractivity contribution in [3.8, 4) is 0 Å². The zero-order valence-electron chi connectivity index (χ0n) is 11.7. The molecule has 0 aliphatic heterocycles. The van der Waals surface area contributed by atoms with Crippen LogP contribution < -0.4 is 0 Å². The summed E-state index contributed by atoms with van der Waals surface area (Å²) in [6.07, 6.45) is -3.28. The molecule has 1 aliphatic rings. The standard InChI is InChI=1S/C19H13F3/c1-13-12-16(19(20,21)22)18(15-10-6-3-7-11-15)17(13)14-8-4-2-5-9-14/h2-12H,1H2. The van der Waals surface area contributed by atoms with Gasteiger partial charge in [-0.3, -0.25) is 0 Å². The first-order valence-electron chi connectivity index (χ1n) is 6.82. The minimum atomic E-state index is -4.41. The molecule has 0 N–H and O–H groups in total. The molecule has 0 saturated heterocycles. The van der Waals surface area contributed by atoms with Crippen molar-refractivity contribution in [2.75, 3.05) is 0 Å². The summed E-state index contributed by atoms with van der Waals surface area (Å²) in [5.74, 6) is 0. The number of halogens is 3. The van der Waals surface area contributed by atoms with E-state index in [-0.39, 0.29) is 5.57 Å². The molecule has 110 valence electrons. The van der Waals surface area contributed by atoms with Crippen molar-refractivity contribution < 1.29 is 13.2 Å². The van der Waals surface area contributed by atoms with Crippen LogP contribution in [-0.2, 0) is 0 Å². The number of alkyl halides is 3. The average Bonchev–Trinajstić information content (AvgIpc) is 2.87. The van der Waals surface area contributed by atoms with Crippen LogP contribution in [0.5, 0.6) is 0 Å². The van der Waals surface area contributed by atoms with Gasteiger partial charge in [-0.15, -0.1) is 0 Å². The molecule has 0 spiro atoms. The van der Waals surface area contributed by atoms with E-state index in [0.29, 0.717) is 16.7 Å². The number of rotatable bonds is 2. The Kier molecular flexibility index (Phi) is 3.49. The van der Waals surface area contributed by atoms with Crippen LogP contribution in [0.25, 0.3) is 11.1 Å². The molecule has 0 radical (unpaired) electrons. The monoisotopic (exact) mass is 298 g/mol. The molecule has 2 aromatic carbocycles. The van der Waals surface area contributed by atoms with Crippen molar-refractivity contribution in [1.82, 2.24) is 0 Å². The summed E-state index contributed by atoms with van der Waals surface area (Å²) in [4.78, 5) is 0. The molecule has 0 atom stereocenters. The van der Waals surface area contributed by atoms with Gasteiger partial charge in [0.1, 0.15) is 0 Å². The van der Waals surface area contributed by atoms with E-state index < -0.39 is 11.7 Å². The minimum absolute atomic E-state index is 0.198. The van der Waals surface area contributed by atoms with Gasteiger partial charge in [-0.05, 0) is 28.3 Å². The lowest BCUT2D eigenvalue weighted by molar-refractivity contribution is -0.0868. The van der Waals surface area contributed by atoms with Crippen molar-refractivity contribution in [3.05, 3.63) is 95.6 Å². The Morgan fingerprint density at radius 1 is 0.682 bits per heavy atom. The second-order valence-electron chi connectivity index (χ2n) is 5.06. The molecule has 0 aromatic heterocycles. The third kappa shape index (κ3) is 2.50. The van der Waals surface area contributed by atoms with E-state index in [9.17, 15) is 13.2 Å². The van der Waals surface area contributed by atoms with E-state index in [0.717, 1.165) is 11.6 Å². The SMILES string of the molecule is C=C1C=C(C(F)(F)F)C(c2ccccc2)=C1c1ccccc1. The topological polar surface area (TPSA) is 0 Å². The van der Waals surface area contributed by atoms with Crippen LogP contribution in [0.2, 0.25) is 0 Å². The molecule has 2 aromatic rings. The third-order valence-corrected chi connectivity index (χ3v) is 3.59. The molecule has 0 heterocycles. The van der Waals surface area contributed by atoms with Gasteiger partial charge in [0.05, 0.1) is 5.57 Å². The van der Waals surface area contributed by atoms with Crippen molar-refractivity contribution in [2.24, 2.45) is 0 Å². The van der Waals surface area contributed by atoms with Gasteiger partial charge < -0.3 is 0 Å². The van der Waals surface area contributed by atoms with E-state index in [1.165, 1.54) is 0 Å². The molecule has 22 heavy (non-hydrogen) atoms. The molecule has 0 fully saturated rings. The Hall–Kier alpha value is -2.55. The van der Waals surface area contributed by atoms with E-state index >= 15 is 0 Å². The van der Waals surface area contributed by atoms with Crippen molar-refractivity contribution in [2.45, 2.75) is 6.18 Å². The van der Waals surface area contributed by atoms with Crippen LogP contribution in [0.15, 0.2) is 84.5 Å². The van der Waals surface area contributed by atoms with Gasteiger partial charge >= 0.3 is 6.18 Å². The minimum Gasteiger partial charge on any atom is -0.166 e. The fourth-order valence-corrected chi connectivity index (χ4v) is 2.68. The molecule has 0 bridgehead atoms. The lowest BCUT2D eigenvalue weighted by Crippen LogP contribution is -2.12. The summed E-state index contributed by atoms with van der Waals surface area (Å²) in [6.45, 7) is 3.82. The van der Waals surface area contributed by atoms with E-state index in [4.69, 9.17) is 0 Å². The highest BCUT2D eigenvalue weighted by molar-refractivity contribution is 6.09. The first kappa shape index (κ1) is 14.4. The van der Waals surface area contributed by atoms with Gasteiger partial charge in [0, 0.05) is 5.57 Å². The number of hydrogen-bond donors (Lipinski definition) is 0. The second kappa shape index (κ2) is 5.34. The van der Waals surface area contributed by atoms with Crippen LogP contribution in [0.4, 0.5) is 13.2 Å². The smallest absolute Gasteiger partial charge is 0.166 e. The molecule has 3 rings (SSSR count). The van der Waals surface area contributed by atoms with Crippen LogP contribution in [0, 0.1) is 0 Å². The molecule has 0 saturated carbocycles. The third-order valence-electron chi connectivity index (χ3n) is 3.59. The van der Waals surface area contributed by atoms with Crippen molar-refractivity contribution in [3.63, 3.8) is 0 Å². The van der Waals surface area contributed by atoms with Gasteiger partial charge in [-0.25, -0.2) is 0 Å². The Morgan fingerprint density at radius 3 is 1.59 bits per heavy atom. The summed E-state index contributed by atoms with van der Waals surface area (Å²) >= 11 is 0. The molecular formula is C19H13F3. The maximum Gasteiger partial charge on any atom is 0.417 e. The van der Waals surface area contributed by atoms with Crippen LogP contribution in [-0.4, -0.2) is 6.18 Å². The largest absolute Gasteiger partial charge is 0.417 e. The Balaban J connectivity index is 2.28. The second-order valence-corrected chi connectivity index (χ2v) is 5.06. The molecule has 1 aliphatic carbocycles. The lowest BCUT2D eigenvalue weighted by Gasteiger charge is -2.15. The predicted molar refractivity (Wildman–Crippen MR) is 83.0 cm³/mol. The van der Waals surface area contributed by atoms with Gasteiger partial charge in [0.2, 0.25) is 0 Å². The van der Waals surface area contributed by atoms with Crippen LogP contribution in [0.3, 0.4) is 0 Å². The average molecular weight is 298 g/mol. The van der Waals surface area contributed by atoms with Gasteiger partial charge in [-0.2, -0.15) is 13.2 Å². The quantitative estimate of drug-likeness (QED) is 0.671. The first-order valence-corrected chi connectivity index (χ1v) is 6.82. The molecule has 0 nitrogen and oxygen atoms in total. The van der Waals surface area contributed by atoms with Crippen LogP contribution in [0.1, 0.15) is 11.1 Å². The highest BCUT2D eigenvalue weighted by Gasteiger charge is 2.40. The lowest BCUT2D eigenvalue weighted by atomic mass is 9.92. The fourth-order valence-electron chi connectivity index (χ4n) is 2.68. The Bertz CT molecular complexity index is 763. The zero-order valence-corrected chi connectivity index (χ0v) is 11.7. The summed E-state index contributed by atoms with van der Waals surface area (Å²) < 4.78 is 40.2. The molecule has 0 amide bonds. The predicted octanol–water partition coefficient (Wildman–Crippen LogP) is 5.66.